The molecule has 2 aromatic carbocycles. The highest BCUT2D eigenvalue weighted by Gasteiger charge is 2.13. The van der Waals surface area contributed by atoms with E-state index in [4.69, 9.17) is 14.2 Å². The molecule has 1 unspecified atom stereocenters. The van der Waals surface area contributed by atoms with Crippen LogP contribution in [-0.4, -0.2) is 30.7 Å². The molecule has 1 atom stereocenters. The Balaban J connectivity index is 1.32. The molecule has 1 aromatic heterocycles. The molecule has 4 nitrogen and oxygen atoms in total. The third kappa shape index (κ3) is 5.20. The maximum Gasteiger partial charge on any atom is 0.157 e. The molecule has 154 valence electrons. The van der Waals surface area contributed by atoms with Gasteiger partial charge < -0.3 is 18.8 Å². The van der Waals surface area contributed by atoms with E-state index in [1.54, 1.807) is 0 Å². The van der Waals surface area contributed by atoms with E-state index in [-0.39, 0.29) is 6.29 Å². The summed E-state index contributed by atoms with van der Waals surface area (Å²) in [5.41, 5.74) is 5.17. The highest BCUT2D eigenvalue weighted by Crippen LogP contribution is 2.23. The fraction of sp³-hybridized carbons (Fsp3) is 0.440. The van der Waals surface area contributed by atoms with E-state index in [0.717, 1.165) is 38.2 Å². The lowest BCUT2D eigenvalue weighted by atomic mass is 10.0. The standard InChI is InChI=1S/C25H31NO3/c1-19-6-7-21(17-20(19)2)11-15-27-23-9-8-22-10-12-26(24(22)18-23)13-16-29-25-5-3-4-14-28-25/h6-10,12,17-18,25H,3-5,11,13-16H2,1-2H3. The molecule has 0 amide bonds. The van der Waals surface area contributed by atoms with Gasteiger partial charge in [-0.25, -0.2) is 0 Å². The molecule has 0 radical (unpaired) electrons. The largest absolute Gasteiger partial charge is 0.493 e. The molecule has 4 heteroatoms. The number of nitrogens with zero attached hydrogens (tertiary/aromatic N) is 1. The molecule has 1 saturated heterocycles. The number of aryl methyl sites for hydroxylation is 2. The van der Waals surface area contributed by atoms with E-state index < -0.39 is 0 Å². The van der Waals surface area contributed by atoms with E-state index in [1.165, 1.54) is 34.0 Å². The van der Waals surface area contributed by atoms with Gasteiger partial charge in [-0.15, -0.1) is 0 Å². The first kappa shape index (κ1) is 20.0. The molecule has 1 aliphatic heterocycles. The molecule has 3 aromatic rings. The second kappa shape index (κ2) is 9.47. The molecule has 29 heavy (non-hydrogen) atoms. The zero-order chi connectivity index (χ0) is 20.1. The van der Waals surface area contributed by atoms with Gasteiger partial charge >= 0.3 is 0 Å². The first-order chi connectivity index (χ1) is 14.2. The van der Waals surface area contributed by atoms with Crippen molar-refractivity contribution in [2.45, 2.75) is 52.4 Å². The average Bonchev–Trinajstić information content (AvgIpc) is 3.14. The van der Waals surface area contributed by atoms with Crippen LogP contribution in [0.2, 0.25) is 0 Å². The van der Waals surface area contributed by atoms with Crippen LogP contribution >= 0.6 is 0 Å². The van der Waals surface area contributed by atoms with Crippen LogP contribution in [0.4, 0.5) is 0 Å². The zero-order valence-corrected chi connectivity index (χ0v) is 17.5. The minimum absolute atomic E-state index is 0.0325. The Labute approximate surface area is 173 Å². The van der Waals surface area contributed by atoms with Gasteiger partial charge in [-0.3, -0.25) is 0 Å². The average molecular weight is 394 g/mol. The van der Waals surface area contributed by atoms with Gasteiger partial charge in [0, 0.05) is 31.8 Å². The van der Waals surface area contributed by atoms with Gasteiger partial charge in [-0.05, 0) is 73.4 Å². The van der Waals surface area contributed by atoms with Crippen LogP contribution in [0.3, 0.4) is 0 Å². The summed E-state index contributed by atoms with van der Waals surface area (Å²) in [6.07, 6.45) is 6.35. The summed E-state index contributed by atoms with van der Waals surface area (Å²) in [5.74, 6) is 0.915. The first-order valence-electron chi connectivity index (χ1n) is 10.7. The molecule has 0 aliphatic carbocycles. The van der Waals surface area contributed by atoms with E-state index in [0.29, 0.717) is 13.2 Å². The summed E-state index contributed by atoms with van der Waals surface area (Å²) in [6.45, 7) is 7.28. The number of ether oxygens (including phenoxy) is 3. The van der Waals surface area contributed by atoms with Crippen molar-refractivity contribution in [3.8, 4) is 5.75 Å². The second-order valence-electron chi connectivity index (χ2n) is 7.91. The quantitative estimate of drug-likeness (QED) is 0.512. The van der Waals surface area contributed by atoms with Crippen LogP contribution in [0.5, 0.6) is 5.75 Å². The lowest BCUT2D eigenvalue weighted by molar-refractivity contribution is -0.163. The van der Waals surface area contributed by atoms with Crippen molar-refractivity contribution in [1.82, 2.24) is 4.57 Å². The SMILES string of the molecule is Cc1ccc(CCOc2ccc3ccn(CCOC4CCCCO4)c3c2)cc1C. The number of aromatic nitrogens is 1. The predicted molar refractivity (Wildman–Crippen MR) is 117 cm³/mol. The van der Waals surface area contributed by atoms with Crippen molar-refractivity contribution < 1.29 is 14.2 Å². The zero-order valence-electron chi connectivity index (χ0n) is 17.5. The van der Waals surface area contributed by atoms with Crippen LogP contribution in [0.15, 0.2) is 48.7 Å². The summed E-state index contributed by atoms with van der Waals surface area (Å²) in [5, 5.41) is 1.22. The molecular formula is C25H31NO3. The summed E-state index contributed by atoms with van der Waals surface area (Å²) in [4.78, 5) is 0. The monoisotopic (exact) mass is 393 g/mol. The van der Waals surface area contributed by atoms with E-state index >= 15 is 0 Å². The predicted octanol–water partition coefficient (Wildman–Crippen LogP) is 5.42. The van der Waals surface area contributed by atoms with Crippen molar-refractivity contribution in [3.05, 3.63) is 65.4 Å². The van der Waals surface area contributed by atoms with Gasteiger partial charge in [0.15, 0.2) is 6.29 Å². The van der Waals surface area contributed by atoms with Gasteiger partial charge in [0.1, 0.15) is 5.75 Å². The Morgan fingerprint density at radius 3 is 2.76 bits per heavy atom. The number of hydrogen-bond acceptors (Lipinski definition) is 3. The van der Waals surface area contributed by atoms with Crippen LogP contribution in [0.1, 0.15) is 36.0 Å². The van der Waals surface area contributed by atoms with Crippen LogP contribution in [0, 0.1) is 13.8 Å². The Morgan fingerprint density at radius 1 is 1.00 bits per heavy atom. The Morgan fingerprint density at radius 2 is 1.93 bits per heavy atom. The number of benzene rings is 2. The molecule has 0 bridgehead atoms. The smallest absolute Gasteiger partial charge is 0.157 e. The van der Waals surface area contributed by atoms with Crippen LogP contribution in [0.25, 0.3) is 10.9 Å². The van der Waals surface area contributed by atoms with E-state index in [2.05, 4.69) is 67.1 Å². The Hall–Kier alpha value is -2.30. The van der Waals surface area contributed by atoms with Crippen molar-refractivity contribution in [2.24, 2.45) is 0 Å². The third-order valence-corrected chi connectivity index (χ3v) is 5.75. The summed E-state index contributed by atoms with van der Waals surface area (Å²) in [6, 6.07) is 15.1. The summed E-state index contributed by atoms with van der Waals surface area (Å²) in [7, 11) is 0. The highest BCUT2D eigenvalue weighted by molar-refractivity contribution is 5.81. The second-order valence-corrected chi connectivity index (χ2v) is 7.91. The van der Waals surface area contributed by atoms with Crippen molar-refractivity contribution in [2.75, 3.05) is 19.8 Å². The van der Waals surface area contributed by atoms with Gasteiger partial charge in [-0.2, -0.15) is 0 Å². The molecule has 4 rings (SSSR count). The fourth-order valence-corrected chi connectivity index (χ4v) is 3.82. The Kier molecular flexibility index (Phi) is 6.53. The maximum absolute atomic E-state index is 6.05. The van der Waals surface area contributed by atoms with Crippen molar-refractivity contribution >= 4 is 10.9 Å². The lowest BCUT2D eigenvalue weighted by Gasteiger charge is -2.22. The number of fused-ring (bicyclic) bond motifs is 1. The molecule has 1 aliphatic rings. The maximum atomic E-state index is 6.05. The molecule has 2 heterocycles. The van der Waals surface area contributed by atoms with Crippen molar-refractivity contribution in [1.29, 1.82) is 0 Å². The molecule has 0 N–H and O–H groups in total. The lowest BCUT2D eigenvalue weighted by Crippen LogP contribution is -2.23. The molecule has 0 spiro atoms. The normalized spacial score (nSPS) is 17.0. The van der Waals surface area contributed by atoms with Gasteiger partial charge in [0.2, 0.25) is 0 Å². The summed E-state index contributed by atoms with van der Waals surface area (Å²) >= 11 is 0. The number of hydrogen-bond donors (Lipinski definition) is 0. The highest BCUT2D eigenvalue weighted by atomic mass is 16.7. The topological polar surface area (TPSA) is 32.6 Å². The van der Waals surface area contributed by atoms with Gasteiger partial charge in [0.25, 0.3) is 0 Å². The minimum atomic E-state index is -0.0325. The first-order valence-corrected chi connectivity index (χ1v) is 10.7. The Bertz CT molecular complexity index is 940. The number of rotatable bonds is 8. The molecule has 1 fully saturated rings. The van der Waals surface area contributed by atoms with E-state index in [9.17, 15) is 0 Å². The van der Waals surface area contributed by atoms with E-state index in [1.807, 2.05) is 0 Å². The molecular weight excluding hydrogens is 362 g/mol. The van der Waals surface area contributed by atoms with Crippen LogP contribution in [-0.2, 0) is 22.4 Å². The minimum Gasteiger partial charge on any atom is -0.493 e. The molecule has 0 saturated carbocycles. The fourth-order valence-electron chi connectivity index (χ4n) is 3.82. The van der Waals surface area contributed by atoms with Crippen molar-refractivity contribution in [3.63, 3.8) is 0 Å². The van der Waals surface area contributed by atoms with Crippen LogP contribution < -0.4 is 4.74 Å². The van der Waals surface area contributed by atoms with Gasteiger partial charge in [0.05, 0.1) is 18.7 Å². The van der Waals surface area contributed by atoms with Gasteiger partial charge in [-0.1, -0.05) is 18.2 Å². The third-order valence-electron chi connectivity index (χ3n) is 5.75. The summed E-state index contributed by atoms with van der Waals surface area (Å²) < 4.78 is 19.8.